The fraction of sp³-hybridized carbons (Fsp3) is 0.0435. The van der Waals surface area contributed by atoms with Gasteiger partial charge >= 0.3 is 0 Å². The van der Waals surface area contributed by atoms with E-state index in [1.165, 1.54) is 23.5 Å². The molecule has 0 fully saturated rings. The van der Waals surface area contributed by atoms with E-state index in [0.717, 1.165) is 15.1 Å². The monoisotopic (exact) mass is 430 g/mol. The van der Waals surface area contributed by atoms with Gasteiger partial charge in [-0.05, 0) is 30.7 Å². The van der Waals surface area contributed by atoms with Crippen molar-refractivity contribution >= 4 is 28.2 Å². The molecule has 2 aromatic carbocycles. The number of amides is 2. The van der Waals surface area contributed by atoms with Gasteiger partial charge in [0.25, 0.3) is 17.4 Å². The quantitative estimate of drug-likeness (QED) is 0.504. The molecule has 0 radical (unpaired) electrons. The fourth-order valence-electron chi connectivity index (χ4n) is 3.27. The SMILES string of the molecule is Cc1sc(NC(=O)c2ccc(=O)n(-c3ccccc3)n2)c(C(N)=O)c1-c1ccccc1. The minimum absolute atomic E-state index is 0.0335. The average Bonchev–Trinajstić information content (AvgIpc) is 3.11. The van der Waals surface area contributed by atoms with Crippen LogP contribution in [-0.2, 0) is 0 Å². The fourth-order valence-corrected chi connectivity index (χ4v) is 4.35. The summed E-state index contributed by atoms with van der Waals surface area (Å²) < 4.78 is 1.15. The molecule has 2 heterocycles. The molecule has 0 bridgehead atoms. The first kappa shape index (κ1) is 20.2. The second kappa shape index (κ2) is 8.37. The number of nitrogens with two attached hydrogens (primary N) is 1. The predicted octanol–water partition coefficient (Wildman–Crippen LogP) is 3.62. The molecule has 2 amide bonds. The second-order valence-electron chi connectivity index (χ2n) is 6.73. The first-order valence-corrected chi connectivity index (χ1v) is 10.2. The summed E-state index contributed by atoms with van der Waals surface area (Å²) in [6.45, 7) is 1.86. The first-order chi connectivity index (χ1) is 15.0. The minimum Gasteiger partial charge on any atom is -0.365 e. The van der Waals surface area contributed by atoms with E-state index in [-0.39, 0.29) is 16.8 Å². The Morgan fingerprint density at radius 3 is 2.26 bits per heavy atom. The van der Waals surface area contributed by atoms with Crippen molar-refractivity contribution in [1.29, 1.82) is 0 Å². The summed E-state index contributed by atoms with van der Waals surface area (Å²) in [5.41, 5.74) is 7.64. The van der Waals surface area contributed by atoms with Crippen LogP contribution in [0.15, 0.2) is 77.6 Å². The number of hydrogen-bond acceptors (Lipinski definition) is 5. The summed E-state index contributed by atoms with van der Waals surface area (Å²) in [5.74, 6) is -1.19. The molecule has 154 valence electrons. The van der Waals surface area contributed by atoms with Gasteiger partial charge in [-0.3, -0.25) is 14.4 Å². The average molecular weight is 430 g/mol. The summed E-state index contributed by atoms with van der Waals surface area (Å²) in [6, 6.07) is 20.8. The van der Waals surface area contributed by atoms with Crippen LogP contribution in [0.3, 0.4) is 0 Å². The Labute approximate surface area is 181 Å². The maximum Gasteiger partial charge on any atom is 0.276 e. The van der Waals surface area contributed by atoms with Gasteiger partial charge in [-0.1, -0.05) is 48.5 Å². The van der Waals surface area contributed by atoms with Crippen molar-refractivity contribution in [2.45, 2.75) is 6.92 Å². The van der Waals surface area contributed by atoms with Gasteiger partial charge in [-0.25, -0.2) is 0 Å². The van der Waals surface area contributed by atoms with Crippen molar-refractivity contribution in [2.75, 3.05) is 5.32 Å². The molecule has 31 heavy (non-hydrogen) atoms. The van der Waals surface area contributed by atoms with Gasteiger partial charge in [0.2, 0.25) is 0 Å². The Morgan fingerprint density at radius 1 is 0.968 bits per heavy atom. The van der Waals surface area contributed by atoms with Crippen LogP contribution in [0.5, 0.6) is 0 Å². The number of carbonyl (C=O) groups excluding carboxylic acids is 2. The van der Waals surface area contributed by atoms with E-state index >= 15 is 0 Å². The lowest BCUT2D eigenvalue weighted by Gasteiger charge is -2.08. The largest absolute Gasteiger partial charge is 0.365 e. The van der Waals surface area contributed by atoms with E-state index in [2.05, 4.69) is 10.4 Å². The Kier molecular flexibility index (Phi) is 5.46. The molecule has 0 saturated heterocycles. The van der Waals surface area contributed by atoms with E-state index in [1.54, 1.807) is 24.3 Å². The lowest BCUT2D eigenvalue weighted by molar-refractivity contribution is 0.100. The van der Waals surface area contributed by atoms with Gasteiger partial charge in [0, 0.05) is 16.5 Å². The Morgan fingerprint density at radius 2 is 1.61 bits per heavy atom. The van der Waals surface area contributed by atoms with Gasteiger partial charge in [0.1, 0.15) is 10.7 Å². The molecule has 0 aliphatic heterocycles. The van der Waals surface area contributed by atoms with Crippen LogP contribution in [0, 0.1) is 6.92 Å². The van der Waals surface area contributed by atoms with Gasteiger partial charge < -0.3 is 11.1 Å². The van der Waals surface area contributed by atoms with Crippen LogP contribution in [0.2, 0.25) is 0 Å². The molecule has 0 spiro atoms. The molecule has 0 saturated carbocycles. The first-order valence-electron chi connectivity index (χ1n) is 9.41. The Bertz CT molecular complexity index is 1330. The zero-order valence-corrected chi connectivity index (χ0v) is 17.3. The summed E-state index contributed by atoms with van der Waals surface area (Å²) in [5, 5.41) is 7.26. The van der Waals surface area contributed by atoms with Gasteiger partial charge in [-0.2, -0.15) is 9.78 Å². The number of para-hydroxylation sites is 1. The second-order valence-corrected chi connectivity index (χ2v) is 7.95. The maximum atomic E-state index is 12.9. The molecule has 7 nitrogen and oxygen atoms in total. The molecule has 2 aromatic heterocycles. The van der Waals surface area contributed by atoms with Gasteiger partial charge in [0.05, 0.1) is 11.3 Å². The molecular weight excluding hydrogens is 412 g/mol. The highest BCUT2D eigenvalue weighted by molar-refractivity contribution is 7.17. The molecule has 4 rings (SSSR count). The van der Waals surface area contributed by atoms with Crippen molar-refractivity contribution in [1.82, 2.24) is 9.78 Å². The van der Waals surface area contributed by atoms with Gasteiger partial charge in [-0.15, -0.1) is 11.3 Å². The summed E-state index contributed by atoms with van der Waals surface area (Å²) >= 11 is 1.26. The number of benzene rings is 2. The van der Waals surface area contributed by atoms with Crippen LogP contribution in [0.25, 0.3) is 16.8 Å². The van der Waals surface area contributed by atoms with Crippen molar-refractivity contribution in [3.63, 3.8) is 0 Å². The topological polar surface area (TPSA) is 107 Å². The van der Waals surface area contributed by atoms with Crippen LogP contribution >= 0.6 is 11.3 Å². The van der Waals surface area contributed by atoms with Crippen molar-refractivity contribution < 1.29 is 9.59 Å². The van der Waals surface area contributed by atoms with Crippen LogP contribution in [-0.4, -0.2) is 21.6 Å². The van der Waals surface area contributed by atoms with Crippen molar-refractivity contribution in [3.05, 3.63) is 99.3 Å². The number of rotatable bonds is 5. The number of nitrogens with zero attached hydrogens (tertiary/aromatic N) is 2. The van der Waals surface area contributed by atoms with Gasteiger partial charge in [0.15, 0.2) is 0 Å². The predicted molar refractivity (Wildman–Crippen MR) is 121 cm³/mol. The number of primary amides is 1. The number of aryl methyl sites for hydroxylation is 1. The molecule has 0 unspecified atom stereocenters. The third-order valence-corrected chi connectivity index (χ3v) is 5.67. The summed E-state index contributed by atoms with van der Waals surface area (Å²) in [7, 11) is 0. The van der Waals surface area contributed by atoms with Crippen LogP contribution in [0.1, 0.15) is 25.7 Å². The summed E-state index contributed by atoms with van der Waals surface area (Å²) in [6.07, 6.45) is 0. The molecule has 0 aliphatic carbocycles. The van der Waals surface area contributed by atoms with Crippen molar-refractivity contribution in [3.8, 4) is 16.8 Å². The van der Waals surface area contributed by atoms with Crippen molar-refractivity contribution in [2.24, 2.45) is 5.73 Å². The Hall–Kier alpha value is -4.04. The van der Waals surface area contributed by atoms with Crippen LogP contribution in [0.4, 0.5) is 5.00 Å². The highest BCUT2D eigenvalue weighted by Crippen LogP contribution is 2.39. The molecule has 4 aromatic rings. The van der Waals surface area contributed by atoms with Crippen LogP contribution < -0.4 is 16.6 Å². The molecule has 3 N–H and O–H groups in total. The number of thiophene rings is 1. The maximum absolute atomic E-state index is 12.9. The lowest BCUT2D eigenvalue weighted by Crippen LogP contribution is -2.25. The molecule has 8 heteroatoms. The third kappa shape index (κ3) is 4.01. The number of hydrogen-bond donors (Lipinski definition) is 2. The van der Waals surface area contributed by atoms with E-state index in [1.807, 2.05) is 43.3 Å². The Balaban J connectivity index is 1.72. The van der Waals surface area contributed by atoms with E-state index in [0.29, 0.717) is 16.3 Å². The highest BCUT2D eigenvalue weighted by atomic mass is 32.1. The highest BCUT2D eigenvalue weighted by Gasteiger charge is 2.23. The third-order valence-electron chi connectivity index (χ3n) is 4.65. The van der Waals surface area contributed by atoms with E-state index in [9.17, 15) is 14.4 Å². The minimum atomic E-state index is -0.638. The zero-order valence-electron chi connectivity index (χ0n) is 16.5. The normalized spacial score (nSPS) is 10.6. The zero-order chi connectivity index (χ0) is 22.0. The molecule has 0 aliphatic rings. The summed E-state index contributed by atoms with van der Waals surface area (Å²) in [4.78, 5) is 38.2. The van der Waals surface area contributed by atoms with E-state index < -0.39 is 11.8 Å². The molecule has 0 atom stereocenters. The molecular formula is C23H18N4O3S. The van der Waals surface area contributed by atoms with E-state index in [4.69, 9.17) is 5.73 Å². The number of anilines is 1. The number of aromatic nitrogens is 2. The number of carbonyl (C=O) groups is 2. The lowest BCUT2D eigenvalue weighted by atomic mass is 10.0. The smallest absolute Gasteiger partial charge is 0.276 e. The number of nitrogens with one attached hydrogen (secondary N) is 1. The standard InChI is InChI=1S/C23H18N4O3S/c1-14-19(15-8-4-2-5-9-15)20(21(24)29)23(31-14)25-22(30)17-12-13-18(28)27(26-17)16-10-6-3-7-11-16/h2-13H,1H3,(H2,24,29)(H,25,30).